The second-order valence-corrected chi connectivity index (χ2v) is 4.38. The molecule has 17 heavy (non-hydrogen) atoms. The Morgan fingerprint density at radius 3 is 3.06 bits per heavy atom. The minimum absolute atomic E-state index is 0.0611. The lowest BCUT2D eigenvalue weighted by atomic mass is 10.3. The summed E-state index contributed by atoms with van der Waals surface area (Å²) < 4.78 is 1.69. The molecular weight excluding hydrogens is 218 g/mol. The first-order chi connectivity index (χ1) is 8.38. The van der Waals surface area contributed by atoms with Gasteiger partial charge in [0.15, 0.2) is 5.65 Å². The molecule has 2 aromatic heterocycles. The zero-order valence-electron chi connectivity index (χ0n) is 9.50. The van der Waals surface area contributed by atoms with Gasteiger partial charge in [0, 0.05) is 6.54 Å². The third-order valence-electron chi connectivity index (χ3n) is 3.00. The zero-order valence-corrected chi connectivity index (χ0v) is 9.50. The van der Waals surface area contributed by atoms with E-state index in [0.29, 0.717) is 6.54 Å². The minimum atomic E-state index is 0.0611. The highest BCUT2D eigenvalue weighted by Gasteiger charge is 2.21. The molecule has 0 aliphatic heterocycles. The van der Waals surface area contributed by atoms with E-state index >= 15 is 0 Å². The third-order valence-corrected chi connectivity index (χ3v) is 3.00. The molecule has 0 radical (unpaired) electrons. The molecule has 1 aliphatic rings. The SMILES string of the molecule is OCCn1ncc2c(NCC3CC3)ncnc21. The number of nitrogens with one attached hydrogen (secondary N) is 1. The van der Waals surface area contributed by atoms with Crippen molar-refractivity contribution in [3.63, 3.8) is 0 Å². The van der Waals surface area contributed by atoms with Crippen molar-refractivity contribution in [2.75, 3.05) is 18.5 Å². The first-order valence-corrected chi connectivity index (χ1v) is 5.89. The fourth-order valence-electron chi connectivity index (χ4n) is 1.86. The number of rotatable bonds is 5. The third kappa shape index (κ3) is 2.08. The first-order valence-electron chi connectivity index (χ1n) is 5.89. The molecule has 90 valence electrons. The van der Waals surface area contributed by atoms with Gasteiger partial charge in [-0.05, 0) is 18.8 Å². The van der Waals surface area contributed by atoms with Crippen LogP contribution >= 0.6 is 0 Å². The number of hydrogen-bond donors (Lipinski definition) is 2. The molecule has 1 aliphatic carbocycles. The van der Waals surface area contributed by atoms with Crippen molar-refractivity contribution < 1.29 is 5.11 Å². The molecule has 0 bridgehead atoms. The van der Waals surface area contributed by atoms with E-state index in [2.05, 4.69) is 20.4 Å². The predicted octanol–water partition coefficient (Wildman–Crippen LogP) is 0.640. The lowest BCUT2D eigenvalue weighted by Gasteiger charge is -2.05. The normalized spacial score (nSPS) is 15.4. The molecule has 0 atom stereocenters. The summed E-state index contributed by atoms with van der Waals surface area (Å²) in [6.45, 7) is 1.49. The molecule has 3 rings (SSSR count). The Bertz CT molecular complexity index is 520. The Morgan fingerprint density at radius 2 is 2.29 bits per heavy atom. The lowest BCUT2D eigenvalue weighted by Crippen LogP contribution is -2.07. The zero-order chi connectivity index (χ0) is 11.7. The van der Waals surface area contributed by atoms with Crippen LogP contribution in [0.25, 0.3) is 11.0 Å². The molecule has 1 saturated carbocycles. The van der Waals surface area contributed by atoms with Gasteiger partial charge in [0.2, 0.25) is 0 Å². The van der Waals surface area contributed by atoms with Gasteiger partial charge in [-0.3, -0.25) is 0 Å². The van der Waals surface area contributed by atoms with Gasteiger partial charge in [-0.25, -0.2) is 14.6 Å². The van der Waals surface area contributed by atoms with Gasteiger partial charge in [0.05, 0.1) is 24.7 Å². The Labute approximate surface area is 98.7 Å². The van der Waals surface area contributed by atoms with Crippen LogP contribution in [0.3, 0.4) is 0 Å². The van der Waals surface area contributed by atoms with Crippen LogP contribution in [-0.4, -0.2) is 38.0 Å². The number of aromatic nitrogens is 4. The summed E-state index contributed by atoms with van der Waals surface area (Å²) in [5, 5.41) is 17.4. The van der Waals surface area contributed by atoms with Gasteiger partial charge in [0.1, 0.15) is 12.1 Å². The van der Waals surface area contributed by atoms with Crippen molar-refractivity contribution in [3.8, 4) is 0 Å². The number of fused-ring (bicyclic) bond motifs is 1. The van der Waals surface area contributed by atoms with Crippen molar-refractivity contribution in [3.05, 3.63) is 12.5 Å². The van der Waals surface area contributed by atoms with Gasteiger partial charge in [-0.15, -0.1) is 0 Å². The summed E-state index contributed by atoms with van der Waals surface area (Å²) in [4.78, 5) is 8.44. The Kier molecular flexibility index (Phi) is 2.64. The van der Waals surface area contributed by atoms with Crippen LogP contribution in [0.2, 0.25) is 0 Å². The monoisotopic (exact) mass is 233 g/mol. The van der Waals surface area contributed by atoms with Crippen LogP contribution in [0, 0.1) is 5.92 Å². The second-order valence-electron chi connectivity index (χ2n) is 4.38. The molecule has 2 heterocycles. The quantitative estimate of drug-likeness (QED) is 0.792. The summed E-state index contributed by atoms with van der Waals surface area (Å²) >= 11 is 0. The van der Waals surface area contributed by atoms with Crippen molar-refractivity contribution >= 4 is 16.9 Å². The van der Waals surface area contributed by atoms with Crippen molar-refractivity contribution in [2.45, 2.75) is 19.4 Å². The van der Waals surface area contributed by atoms with Crippen LogP contribution < -0.4 is 5.32 Å². The molecule has 0 spiro atoms. The molecule has 0 amide bonds. The van der Waals surface area contributed by atoms with Crippen molar-refractivity contribution in [2.24, 2.45) is 5.92 Å². The van der Waals surface area contributed by atoms with Crippen molar-refractivity contribution in [1.82, 2.24) is 19.7 Å². The second kappa shape index (κ2) is 4.29. The lowest BCUT2D eigenvalue weighted by molar-refractivity contribution is 0.271. The summed E-state index contributed by atoms with van der Waals surface area (Å²) in [7, 11) is 0. The predicted molar refractivity (Wildman–Crippen MR) is 63.6 cm³/mol. The maximum Gasteiger partial charge on any atom is 0.163 e. The van der Waals surface area contributed by atoms with E-state index in [1.54, 1.807) is 10.9 Å². The average molecular weight is 233 g/mol. The average Bonchev–Trinajstić information content (AvgIpc) is 3.09. The molecule has 0 aromatic carbocycles. The number of nitrogens with zero attached hydrogens (tertiary/aromatic N) is 4. The Balaban J connectivity index is 1.89. The number of aliphatic hydroxyl groups excluding tert-OH is 1. The summed E-state index contributed by atoms with van der Waals surface area (Å²) in [6.07, 6.45) is 5.91. The highest BCUT2D eigenvalue weighted by Crippen LogP contribution is 2.29. The summed E-state index contributed by atoms with van der Waals surface area (Å²) in [5.74, 6) is 1.64. The maximum absolute atomic E-state index is 8.93. The fourth-order valence-corrected chi connectivity index (χ4v) is 1.86. The number of hydrogen-bond acceptors (Lipinski definition) is 5. The first kappa shape index (κ1) is 10.5. The highest BCUT2D eigenvalue weighted by atomic mass is 16.3. The van der Waals surface area contributed by atoms with Gasteiger partial charge in [-0.1, -0.05) is 0 Å². The largest absolute Gasteiger partial charge is 0.394 e. The van der Waals surface area contributed by atoms with Gasteiger partial charge in [0.25, 0.3) is 0 Å². The van der Waals surface area contributed by atoms with Crippen LogP contribution in [0.1, 0.15) is 12.8 Å². The Morgan fingerprint density at radius 1 is 1.41 bits per heavy atom. The van der Waals surface area contributed by atoms with Crippen molar-refractivity contribution in [1.29, 1.82) is 0 Å². The van der Waals surface area contributed by atoms with Crippen LogP contribution in [0.5, 0.6) is 0 Å². The smallest absolute Gasteiger partial charge is 0.163 e. The number of anilines is 1. The van der Waals surface area contributed by atoms with E-state index in [-0.39, 0.29) is 6.61 Å². The molecule has 2 N–H and O–H groups in total. The topological polar surface area (TPSA) is 75.9 Å². The molecule has 0 saturated heterocycles. The molecule has 0 unspecified atom stereocenters. The van der Waals surface area contributed by atoms with Gasteiger partial charge >= 0.3 is 0 Å². The molecule has 6 nitrogen and oxygen atoms in total. The Hall–Kier alpha value is -1.69. The molecule has 1 fully saturated rings. The van der Waals surface area contributed by atoms with E-state index in [1.165, 1.54) is 19.2 Å². The van der Waals surface area contributed by atoms with E-state index in [1.807, 2.05) is 0 Å². The van der Waals surface area contributed by atoms with E-state index in [0.717, 1.165) is 29.3 Å². The van der Waals surface area contributed by atoms with Crippen LogP contribution in [0.4, 0.5) is 5.82 Å². The summed E-state index contributed by atoms with van der Waals surface area (Å²) in [6, 6.07) is 0. The van der Waals surface area contributed by atoms with Crippen LogP contribution in [-0.2, 0) is 6.54 Å². The standard InChI is InChI=1S/C11H15N5O/c17-4-3-16-11-9(6-15-16)10(13-7-14-11)12-5-8-1-2-8/h6-8,17H,1-5H2,(H,12,13,14). The maximum atomic E-state index is 8.93. The fraction of sp³-hybridized carbons (Fsp3) is 0.545. The number of aliphatic hydroxyl groups is 1. The van der Waals surface area contributed by atoms with Gasteiger partial charge in [-0.2, -0.15) is 5.10 Å². The summed E-state index contributed by atoms with van der Waals surface area (Å²) in [5.41, 5.74) is 0.771. The van der Waals surface area contributed by atoms with E-state index in [4.69, 9.17) is 5.11 Å². The van der Waals surface area contributed by atoms with E-state index in [9.17, 15) is 0 Å². The van der Waals surface area contributed by atoms with Crippen LogP contribution in [0.15, 0.2) is 12.5 Å². The van der Waals surface area contributed by atoms with Gasteiger partial charge < -0.3 is 10.4 Å². The molecular formula is C11H15N5O. The molecule has 6 heteroatoms. The minimum Gasteiger partial charge on any atom is -0.394 e. The highest BCUT2D eigenvalue weighted by molar-refractivity contribution is 5.86. The van der Waals surface area contributed by atoms with E-state index < -0.39 is 0 Å². The molecule has 2 aromatic rings.